The van der Waals surface area contributed by atoms with E-state index in [0.29, 0.717) is 0 Å². The highest BCUT2D eigenvalue weighted by Gasteiger charge is 2.41. The molecule has 1 atom stereocenters. The van der Waals surface area contributed by atoms with Crippen molar-refractivity contribution in [2.75, 3.05) is 33.3 Å². The Balaban J connectivity index is 1.42. The van der Waals surface area contributed by atoms with Gasteiger partial charge < -0.3 is 15.0 Å². The average Bonchev–Trinajstić information content (AvgIpc) is 3.15. The van der Waals surface area contributed by atoms with Crippen LogP contribution in [0.3, 0.4) is 0 Å². The highest BCUT2D eigenvalue weighted by Crippen LogP contribution is 2.41. The molecule has 2 aliphatic heterocycles. The van der Waals surface area contributed by atoms with Crippen molar-refractivity contribution in [3.05, 3.63) is 71.4 Å². The molecule has 5 rings (SSSR count). The third-order valence-corrected chi connectivity index (χ3v) is 6.48. The molecule has 2 aliphatic rings. The Morgan fingerprint density at radius 2 is 2.03 bits per heavy atom. The van der Waals surface area contributed by atoms with Gasteiger partial charge in [-0.05, 0) is 43.0 Å². The molecule has 0 radical (unpaired) electrons. The number of ether oxygens (including phenoxy) is 1. The number of aromatic amines is 1. The SMILES string of the molecule is COc1cccc2c3c([nH]c12)C1(CCCN(C/C=C\c2ccccc2)C1)NCC3. The maximum Gasteiger partial charge on any atom is 0.142 e. The van der Waals surface area contributed by atoms with E-state index in [1.807, 2.05) is 6.07 Å². The first-order chi connectivity index (χ1) is 14.3. The Hall–Kier alpha value is -2.56. The summed E-state index contributed by atoms with van der Waals surface area (Å²) in [6.07, 6.45) is 7.98. The molecule has 0 bridgehead atoms. The summed E-state index contributed by atoms with van der Waals surface area (Å²) in [7, 11) is 1.75. The minimum Gasteiger partial charge on any atom is -0.495 e. The zero-order valence-electron chi connectivity index (χ0n) is 17.1. The number of nitrogens with zero attached hydrogens (tertiary/aromatic N) is 1. The first-order valence-electron chi connectivity index (χ1n) is 10.7. The maximum absolute atomic E-state index is 5.63. The number of hydrogen-bond acceptors (Lipinski definition) is 3. The summed E-state index contributed by atoms with van der Waals surface area (Å²) in [4.78, 5) is 6.34. The fourth-order valence-corrected chi connectivity index (χ4v) is 5.15. The van der Waals surface area contributed by atoms with Gasteiger partial charge in [0.1, 0.15) is 5.75 Å². The Morgan fingerprint density at radius 3 is 2.90 bits per heavy atom. The van der Waals surface area contributed by atoms with E-state index in [1.165, 1.54) is 35.0 Å². The summed E-state index contributed by atoms with van der Waals surface area (Å²) in [5, 5.41) is 5.21. The van der Waals surface area contributed by atoms with Crippen molar-refractivity contribution in [3.8, 4) is 5.75 Å². The molecule has 2 N–H and O–H groups in total. The van der Waals surface area contributed by atoms with Crippen LogP contribution in [-0.2, 0) is 12.0 Å². The van der Waals surface area contributed by atoms with Gasteiger partial charge in [-0.1, -0.05) is 54.6 Å². The van der Waals surface area contributed by atoms with Crippen molar-refractivity contribution in [3.63, 3.8) is 0 Å². The second-order valence-corrected chi connectivity index (χ2v) is 8.27. The molecule has 1 fully saturated rings. The molecule has 4 nitrogen and oxygen atoms in total. The van der Waals surface area contributed by atoms with Crippen LogP contribution >= 0.6 is 0 Å². The predicted octanol–water partition coefficient (Wildman–Crippen LogP) is 4.33. The van der Waals surface area contributed by atoms with E-state index < -0.39 is 0 Å². The van der Waals surface area contributed by atoms with Crippen molar-refractivity contribution in [1.82, 2.24) is 15.2 Å². The summed E-state index contributed by atoms with van der Waals surface area (Å²) in [6, 6.07) is 16.9. The van der Waals surface area contributed by atoms with Crippen LogP contribution in [0.1, 0.15) is 29.7 Å². The van der Waals surface area contributed by atoms with Gasteiger partial charge in [-0.2, -0.15) is 0 Å². The van der Waals surface area contributed by atoms with E-state index in [9.17, 15) is 0 Å². The normalized spacial score (nSPS) is 22.4. The van der Waals surface area contributed by atoms with Gasteiger partial charge in [0.15, 0.2) is 0 Å². The molecular formula is C25H29N3O. The Bertz CT molecular complexity index is 1020. The Morgan fingerprint density at radius 1 is 1.14 bits per heavy atom. The van der Waals surface area contributed by atoms with Gasteiger partial charge in [-0.3, -0.25) is 4.90 Å². The highest BCUT2D eigenvalue weighted by atomic mass is 16.5. The third kappa shape index (κ3) is 3.37. The summed E-state index contributed by atoms with van der Waals surface area (Å²) in [5.74, 6) is 0.936. The minimum atomic E-state index is 0.0104. The highest BCUT2D eigenvalue weighted by molar-refractivity contribution is 5.90. The number of fused-ring (bicyclic) bond motifs is 4. The molecule has 1 spiro atoms. The number of rotatable bonds is 4. The summed E-state index contributed by atoms with van der Waals surface area (Å²) in [6.45, 7) is 4.21. The predicted molar refractivity (Wildman–Crippen MR) is 119 cm³/mol. The number of likely N-dealkylation sites (tertiary alicyclic amines) is 1. The number of benzene rings is 2. The lowest BCUT2D eigenvalue weighted by Crippen LogP contribution is -2.57. The standard InChI is InChI=1S/C25H29N3O/c1-29-22-12-5-11-20-21-13-15-26-25(24(21)27-23(20)22)14-7-17-28(18-25)16-6-10-19-8-3-2-4-9-19/h2-6,8-12,26-27H,7,13-18H2,1H3/b10-6-. The largest absolute Gasteiger partial charge is 0.495 e. The first-order valence-corrected chi connectivity index (χ1v) is 10.7. The number of para-hydroxylation sites is 1. The number of nitrogens with one attached hydrogen (secondary N) is 2. The van der Waals surface area contributed by atoms with Crippen LogP contribution < -0.4 is 10.1 Å². The minimum absolute atomic E-state index is 0.0104. The molecule has 0 saturated carbocycles. The molecular weight excluding hydrogens is 358 g/mol. The van der Waals surface area contributed by atoms with Crippen LogP contribution in [0.2, 0.25) is 0 Å². The summed E-state index contributed by atoms with van der Waals surface area (Å²) in [5.41, 5.74) is 5.26. The monoisotopic (exact) mass is 387 g/mol. The molecule has 150 valence electrons. The molecule has 2 aromatic carbocycles. The smallest absolute Gasteiger partial charge is 0.142 e. The Kier molecular flexibility index (Phi) is 4.90. The molecule has 0 aliphatic carbocycles. The molecule has 1 unspecified atom stereocenters. The van der Waals surface area contributed by atoms with Gasteiger partial charge in [0.2, 0.25) is 0 Å². The van der Waals surface area contributed by atoms with Crippen LogP contribution in [0.5, 0.6) is 5.75 Å². The maximum atomic E-state index is 5.63. The van der Waals surface area contributed by atoms with E-state index in [2.05, 4.69) is 69.8 Å². The molecule has 1 saturated heterocycles. The average molecular weight is 388 g/mol. The van der Waals surface area contributed by atoms with E-state index in [4.69, 9.17) is 4.74 Å². The van der Waals surface area contributed by atoms with Gasteiger partial charge in [0.25, 0.3) is 0 Å². The quantitative estimate of drug-likeness (QED) is 0.700. The van der Waals surface area contributed by atoms with Crippen molar-refractivity contribution in [2.24, 2.45) is 0 Å². The second kappa shape index (κ2) is 7.69. The van der Waals surface area contributed by atoms with Gasteiger partial charge in [-0.25, -0.2) is 0 Å². The van der Waals surface area contributed by atoms with Crippen molar-refractivity contribution >= 4 is 17.0 Å². The lowest BCUT2D eigenvalue weighted by atomic mass is 9.80. The first kappa shape index (κ1) is 18.5. The lowest BCUT2D eigenvalue weighted by Gasteiger charge is -2.45. The fourth-order valence-electron chi connectivity index (χ4n) is 5.15. The van der Waals surface area contributed by atoms with Crippen LogP contribution in [0.4, 0.5) is 0 Å². The van der Waals surface area contributed by atoms with Gasteiger partial charge in [0.05, 0.1) is 18.2 Å². The van der Waals surface area contributed by atoms with Gasteiger partial charge in [-0.15, -0.1) is 0 Å². The zero-order valence-corrected chi connectivity index (χ0v) is 17.1. The van der Waals surface area contributed by atoms with Crippen molar-refractivity contribution in [1.29, 1.82) is 0 Å². The molecule has 3 heterocycles. The molecule has 1 aromatic heterocycles. The van der Waals surface area contributed by atoms with E-state index in [1.54, 1.807) is 7.11 Å². The summed E-state index contributed by atoms with van der Waals surface area (Å²) >= 11 is 0. The number of hydrogen-bond donors (Lipinski definition) is 2. The molecule has 0 amide bonds. The van der Waals surface area contributed by atoms with Gasteiger partial charge in [0, 0.05) is 30.7 Å². The number of H-pyrrole nitrogens is 1. The molecule has 29 heavy (non-hydrogen) atoms. The molecule has 4 heteroatoms. The topological polar surface area (TPSA) is 40.3 Å². The third-order valence-electron chi connectivity index (χ3n) is 6.48. The van der Waals surface area contributed by atoms with E-state index >= 15 is 0 Å². The number of piperidine rings is 1. The van der Waals surface area contributed by atoms with Crippen molar-refractivity contribution in [2.45, 2.75) is 24.8 Å². The summed E-state index contributed by atoms with van der Waals surface area (Å²) < 4.78 is 5.63. The van der Waals surface area contributed by atoms with Gasteiger partial charge >= 0.3 is 0 Å². The second-order valence-electron chi connectivity index (χ2n) is 8.27. The molecule has 3 aromatic rings. The van der Waals surface area contributed by atoms with E-state index in [-0.39, 0.29) is 5.54 Å². The van der Waals surface area contributed by atoms with Crippen LogP contribution in [-0.4, -0.2) is 43.2 Å². The zero-order chi connectivity index (χ0) is 19.7. The lowest BCUT2D eigenvalue weighted by molar-refractivity contribution is 0.123. The van der Waals surface area contributed by atoms with Crippen LogP contribution in [0, 0.1) is 0 Å². The van der Waals surface area contributed by atoms with Crippen LogP contribution in [0.15, 0.2) is 54.6 Å². The van der Waals surface area contributed by atoms with Crippen LogP contribution in [0.25, 0.3) is 17.0 Å². The number of aromatic nitrogens is 1. The Labute approximate surface area is 172 Å². The fraction of sp³-hybridized carbons (Fsp3) is 0.360. The number of methoxy groups -OCH3 is 1. The van der Waals surface area contributed by atoms with E-state index in [0.717, 1.165) is 43.9 Å². The van der Waals surface area contributed by atoms with Crippen molar-refractivity contribution < 1.29 is 4.74 Å².